The lowest BCUT2D eigenvalue weighted by molar-refractivity contribution is 0.0355. The van der Waals surface area contributed by atoms with Gasteiger partial charge >= 0.3 is 0 Å². The SMILES string of the molecule is CN1CCN(Cc2cccc(C(N)=S)c2F)CC1(C)C. The highest BCUT2D eigenvalue weighted by atomic mass is 32.1. The number of hydrogen-bond donors (Lipinski definition) is 1. The standard InChI is InChI=1S/C15H22FN3S/c1-15(2)10-19(8-7-18(15)3)9-11-5-4-6-12(13(11)16)14(17)20/h4-6H,7-10H2,1-3H3,(H2,17,20). The van der Waals surface area contributed by atoms with Gasteiger partial charge in [-0.25, -0.2) is 4.39 Å². The van der Waals surface area contributed by atoms with Crippen molar-refractivity contribution in [3.05, 3.63) is 35.1 Å². The molecule has 0 atom stereocenters. The number of nitrogens with two attached hydrogens (primary N) is 1. The molecule has 1 saturated heterocycles. The van der Waals surface area contributed by atoms with Crippen molar-refractivity contribution in [2.45, 2.75) is 25.9 Å². The van der Waals surface area contributed by atoms with E-state index < -0.39 is 0 Å². The first kappa shape index (κ1) is 15.4. The molecule has 1 aromatic rings. The van der Waals surface area contributed by atoms with E-state index in [-0.39, 0.29) is 16.3 Å². The third-order valence-electron chi connectivity index (χ3n) is 4.13. The van der Waals surface area contributed by atoms with E-state index in [1.54, 1.807) is 6.07 Å². The van der Waals surface area contributed by atoms with E-state index in [0.29, 0.717) is 17.7 Å². The monoisotopic (exact) mass is 295 g/mol. The van der Waals surface area contributed by atoms with Crippen molar-refractivity contribution >= 4 is 17.2 Å². The molecule has 0 unspecified atom stereocenters. The fraction of sp³-hybridized carbons (Fsp3) is 0.533. The van der Waals surface area contributed by atoms with Gasteiger partial charge in [0.25, 0.3) is 0 Å². The molecule has 1 fully saturated rings. The Morgan fingerprint density at radius 3 is 2.70 bits per heavy atom. The third kappa shape index (κ3) is 3.16. The lowest BCUT2D eigenvalue weighted by atomic mass is 9.99. The maximum Gasteiger partial charge on any atom is 0.137 e. The number of halogens is 1. The van der Waals surface area contributed by atoms with E-state index in [4.69, 9.17) is 18.0 Å². The molecule has 3 nitrogen and oxygen atoms in total. The second-order valence-electron chi connectivity index (χ2n) is 6.09. The van der Waals surface area contributed by atoms with Crippen molar-refractivity contribution in [3.8, 4) is 0 Å². The number of hydrogen-bond acceptors (Lipinski definition) is 3. The Morgan fingerprint density at radius 1 is 1.40 bits per heavy atom. The van der Waals surface area contributed by atoms with Crippen molar-refractivity contribution in [3.63, 3.8) is 0 Å². The van der Waals surface area contributed by atoms with E-state index in [1.807, 2.05) is 12.1 Å². The summed E-state index contributed by atoms with van der Waals surface area (Å²) in [6.07, 6.45) is 0. The molecule has 1 aliphatic heterocycles. The predicted octanol–water partition coefficient (Wildman–Crippen LogP) is 1.99. The largest absolute Gasteiger partial charge is 0.389 e. The molecule has 0 bridgehead atoms. The molecule has 0 aliphatic carbocycles. The van der Waals surface area contributed by atoms with Crippen molar-refractivity contribution in [2.24, 2.45) is 5.73 Å². The Labute approximate surface area is 125 Å². The molecule has 1 aliphatic rings. The molecule has 2 rings (SSSR count). The van der Waals surface area contributed by atoms with Gasteiger partial charge in [0.15, 0.2) is 0 Å². The first-order valence-corrected chi connectivity index (χ1v) is 7.23. The molecule has 0 saturated carbocycles. The van der Waals surface area contributed by atoms with Crippen molar-refractivity contribution in [2.75, 3.05) is 26.7 Å². The van der Waals surface area contributed by atoms with Crippen LogP contribution in [0.3, 0.4) is 0 Å². The maximum absolute atomic E-state index is 14.3. The Balaban J connectivity index is 2.15. The number of likely N-dealkylation sites (N-methyl/N-ethyl adjacent to an activating group) is 1. The van der Waals surface area contributed by atoms with E-state index in [0.717, 1.165) is 19.6 Å². The number of piperazine rings is 1. The first-order valence-electron chi connectivity index (χ1n) is 6.82. The molecule has 110 valence electrons. The minimum atomic E-state index is -0.281. The highest BCUT2D eigenvalue weighted by Crippen LogP contribution is 2.22. The number of nitrogens with zero attached hydrogens (tertiary/aromatic N) is 2. The second-order valence-corrected chi connectivity index (χ2v) is 6.53. The van der Waals surface area contributed by atoms with Crippen molar-refractivity contribution < 1.29 is 4.39 Å². The van der Waals surface area contributed by atoms with Gasteiger partial charge in [-0.15, -0.1) is 0 Å². The Hall–Kier alpha value is -1.04. The van der Waals surface area contributed by atoms with Gasteiger partial charge in [0.2, 0.25) is 0 Å². The summed E-state index contributed by atoms with van der Waals surface area (Å²) in [4.78, 5) is 4.73. The summed E-state index contributed by atoms with van der Waals surface area (Å²) in [5.41, 5.74) is 6.66. The molecule has 1 aromatic carbocycles. The van der Waals surface area contributed by atoms with Gasteiger partial charge in [0.1, 0.15) is 10.8 Å². The first-order chi connectivity index (χ1) is 9.31. The minimum absolute atomic E-state index is 0.107. The van der Waals surface area contributed by atoms with Gasteiger partial charge in [0.05, 0.1) is 0 Å². The maximum atomic E-state index is 14.3. The Morgan fingerprint density at radius 2 is 2.10 bits per heavy atom. The fourth-order valence-electron chi connectivity index (χ4n) is 2.61. The van der Waals surface area contributed by atoms with Crippen molar-refractivity contribution in [1.29, 1.82) is 0 Å². The molecule has 0 spiro atoms. The summed E-state index contributed by atoms with van der Waals surface area (Å²) < 4.78 is 14.3. The molecule has 0 radical (unpaired) electrons. The van der Waals surface area contributed by atoms with Crippen molar-refractivity contribution in [1.82, 2.24) is 9.80 Å². The number of benzene rings is 1. The average Bonchev–Trinajstić information content (AvgIpc) is 2.35. The van der Waals surface area contributed by atoms with E-state index in [2.05, 4.69) is 30.7 Å². The molecule has 20 heavy (non-hydrogen) atoms. The summed E-state index contributed by atoms with van der Waals surface area (Å²) in [6.45, 7) is 7.86. The molecule has 1 heterocycles. The van der Waals surface area contributed by atoms with Gasteiger partial charge in [-0.05, 0) is 27.0 Å². The summed E-state index contributed by atoms with van der Waals surface area (Å²) in [5.74, 6) is -0.281. The van der Waals surface area contributed by atoms with Gasteiger partial charge in [-0.2, -0.15) is 0 Å². The molecule has 5 heteroatoms. The van der Waals surface area contributed by atoms with Gasteiger partial charge < -0.3 is 5.73 Å². The average molecular weight is 295 g/mol. The van der Waals surface area contributed by atoms with Crippen LogP contribution in [0, 0.1) is 5.82 Å². The number of rotatable bonds is 3. The second kappa shape index (κ2) is 5.76. The smallest absolute Gasteiger partial charge is 0.137 e. The molecular formula is C15H22FN3S. The molecule has 0 aromatic heterocycles. The lowest BCUT2D eigenvalue weighted by Gasteiger charge is -2.45. The lowest BCUT2D eigenvalue weighted by Crippen LogP contribution is -2.57. The Bertz CT molecular complexity index is 516. The zero-order valence-electron chi connectivity index (χ0n) is 12.3. The molecular weight excluding hydrogens is 273 g/mol. The highest BCUT2D eigenvalue weighted by Gasteiger charge is 2.31. The highest BCUT2D eigenvalue weighted by molar-refractivity contribution is 7.80. The zero-order valence-corrected chi connectivity index (χ0v) is 13.1. The zero-order chi connectivity index (χ0) is 14.9. The summed E-state index contributed by atoms with van der Waals surface area (Å²) in [5, 5.41) is 0. The van der Waals surface area contributed by atoms with Crippen LogP contribution < -0.4 is 5.73 Å². The molecule has 0 amide bonds. The van der Waals surface area contributed by atoms with Crippen LogP contribution in [0.1, 0.15) is 25.0 Å². The van der Waals surface area contributed by atoms with Crippen LogP contribution in [0.4, 0.5) is 4.39 Å². The van der Waals surface area contributed by atoms with E-state index >= 15 is 0 Å². The van der Waals surface area contributed by atoms with Crippen LogP contribution in [0.15, 0.2) is 18.2 Å². The topological polar surface area (TPSA) is 32.5 Å². The van der Waals surface area contributed by atoms with E-state index in [9.17, 15) is 4.39 Å². The van der Waals surface area contributed by atoms with Gasteiger partial charge in [-0.3, -0.25) is 9.80 Å². The normalized spacial score (nSPS) is 20.0. The predicted molar refractivity (Wildman–Crippen MR) is 84.3 cm³/mol. The third-order valence-corrected chi connectivity index (χ3v) is 4.35. The quantitative estimate of drug-likeness (QED) is 0.865. The van der Waals surface area contributed by atoms with Crippen LogP contribution >= 0.6 is 12.2 Å². The fourth-order valence-corrected chi connectivity index (χ4v) is 2.77. The van der Waals surface area contributed by atoms with Gasteiger partial charge in [0, 0.05) is 42.8 Å². The summed E-state index contributed by atoms with van der Waals surface area (Å²) in [7, 11) is 2.13. The van der Waals surface area contributed by atoms with Gasteiger partial charge in [-0.1, -0.05) is 24.4 Å². The number of thiocarbonyl (C=S) groups is 1. The summed E-state index contributed by atoms with van der Waals surface area (Å²) >= 11 is 4.88. The molecule has 2 N–H and O–H groups in total. The van der Waals surface area contributed by atoms with Crippen LogP contribution in [-0.2, 0) is 6.54 Å². The van der Waals surface area contributed by atoms with Crippen LogP contribution in [-0.4, -0.2) is 47.0 Å². The van der Waals surface area contributed by atoms with E-state index in [1.165, 1.54) is 0 Å². The van der Waals surface area contributed by atoms with Crippen LogP contribution in [0.25, 0.3) is 0 Å². The van der Waals surface area contributed by atoms with Crippen LogP contribution in [0.5, 0.6) is 0 Å². The van der Waals surface area contributed by atoms with Crippen LogP contribution in [0.2, 0.25) is 0 Å². The summed E-state index contributed by atoms with van der Waals surface area (Å²) in [6, 6.07) is 5.26. The minimum Gasteiger partial charge on any atom is -0.389 e. The Kier molecular flexibility index (Phi) is 4.42.